The molecule has 9 nitrogen and oxygen atoms in total. The van der Waals surface area contributed by atoms with E-state index >= 15 is 0 Å². The van der Waals surface area contributed by atoms with Gasteiger partial charge in [0.15, 0.2) is 30.1 Å². The van der Waals surface area contributed by atoms with E-state index in [2.05, 4.69) is 4.98 Å². The normalized spacial score (nSPS) is 17.5. The summed E-state index contributed by atoms with van der Waals surface area (Å²) in [5, 5.41) is 0. The second kappa shape index (κ2) is 8.25. The number of fused-ring (bicyclic) bond motifs is 2. The van der Waals surface area contributed by atoms with Gasteiger partial charge in [0.05, 0.1) is 12.2 Å². The van der Waals surface area contributed by atoms with Gasteiger partial charge in [-0.15, -0.1) is 0 Å². The molecule has 2 aliphatic rings. The van der Waals surface area contributed by atoms with Crippen LogP contribution < -0.4 is 25.0 Å². The van der Waals surface area contributed by atoms with E-state index in [9.17, 15) is 14.4 Å². The Morgan fingerprint density at radius 2 is 1.94 bits per heavy atom. The van der Waals surface area contributed by atoms with E-state index < -0.39 is 6.10 Å². The maximum absolute atomic E-state index is 13.1. The van der Waals surface area contributed by atoms with Crippen molar-refractivity contribution in [3.05, 3.63) is 35.9 Å². The molecule has 31 heavy (non-hydrogen) atoms. The van der Waals surface area contributed by atoms with E-state index in [0.29, 0.717) is 35.7 Å². The summed E-state index contributed by atoms with van der Waals surface area (Å²) >= 11 is 0. The van der Waals surface area contributed by atoms with Gasteiger partial charge < -0.3 is 20.1 Å². The quantitative estimate of drug-likeness (QED) is 0.707. The largest absolute Gasteiger partial charge is 0.482 e. The molecule has 0 aliphatic carbocycles. The number of carbonyl (C=O) groups is 3. The topological polar surface area (TPSA) is 115 Å². The predicted octanol–water partition coefficient (Wildman–Crippen LogP) is 2.19. The van der Waals surface area contributed by atoms with Gasteiger partial charge in [-0.25, -0.2) is 4.98 Å². The maximum atomic E-state index is 13.1. The highest BCUT2D eigenvalue weighted by atomic mass is 16.5. The van der Waals surface area contributed by atoms with Crippen molar-refractivity contribution in [2.45, 2.75) is 32.8 Å². The molecule has 2 N–H and O–H groups in total. The van der Waals surface area contributed by atoms with Crippen LogP contribution in [0.3, 0.4) is 0 Å². The van der Waals surface area contributed by atoms with Crippen molar-refractivity contribution in [1.82, 2.24) is 4.98 Å². The van der Waals surface area contributed by atoms with Gasteiger partial charge in [-0.05, 0) is 43.2 Å². The minimum atomic E-state index is -0.694. The molecule has 0 bridgehead atoms. The molecule has 1 aromatic carbocycles. The molecule has 0 spiro atoms. The Hall–Kier alpha value is -3.62. The summed E-state index contributed by atoms with van der Waals surface area (Å²) in [5.41, 5.74) is 6.72. The monoisotopic (exact) mass is 424 g/mol. The molecule has 4 rings (SSSR count). The predicted molar refractivity (Wildman–Crippen MR) is 115 cm³/mol. The molecule has 1 aromatic heterocycles. The molecule has 2 aromatic rings. The lowest BCUT2D eigenvalue weighted by Gasteiger charge is -2.33. The minimum Gasteiger partial charge on any atom is -0.482 e. The van der Waals surface area contributed by atoms with E-state index in [0.717, 1.165) is 6.42 Å². The van der Waals surface area contributed by atoms with Crippen molar-refractivity contribution in [1.29, 1.82) is 0 Å². The highest BCUT2D eigenvalue weighted by Crippen LogP contribution is 2.35. The summed E-state index contributed by atoms with van der Waals surface area (Å²) in [5.74, 6) is 0.629. The number of hydrogen-bond acceptors (Lipinski definition) is 7. The number of Topliss-reactive ketones (excluding diaryl/α,β-unsaturated/α-hetero) is 1. The molecular weight excluding hydrogens is 400 g/mol. The molecule has 1 unspecified atom stereocenters. The van der Waals surface area contributed by atoms with Crippen LogP contribution >= 0.6 is 0 Å². The molecule has 0 fully saturated rings. The summed E-state index contributed by atoms with van der Waals surface area (Å²) in [7, 11) is 0. The number of rotatable bonds is 6. The van der Waals surface area contributed by atoms with Crippen molar-refractivity contribution in [2.75, 3.05) is 35.2 Å². The zero-order chi connectivity index (χ0) is 22.1. The van der Waals surface area contributed by atoms with Crippen LogP contribution in [-0.4, -0.2) is 48.4 Å². The van der Waals surface area contributed by atoms with Crippen molar-refractivity contribution in [3.63, 3.8) is 0 Å². The van der Waals surface area contributed by atoms with Gasteiger partial charge in [0, 0.05) is 12.1 Å². The van der Waals surface area contributed by atoms with Gasteiger partial charge in [0.1, 0.15) is 11.6 Å². The zero-order valence-corrected chi connectivity index (χ0v) is 17.5. The highest BCUT2D eigenvalue weighted by Gasteiger charge is 2.36. The molecule has 0 saturated carbocycles. The number of ether oxygens (including phenoxy) is 2. The second-order valence-corrected chi connectivity index (χ2v) is 7.44. The van der Waals surface area contributed by atoms with Crippen LogP contribution in [0.15, 0.2) is 30.3 Å². The van der Waals surface area contributed by atoms with Gasteiger partial charge in [-0.3, -0.25) is 19.3 Å². The summed E-state index contributed by atoms with van der Waals surface area (Å²) in [4.78, 5) is 45.5. The van der Waals surface area contributed by atoms with E-state index in [-0.39, 0.29) is 42.4 Å². The lowest BCUT2D eigenvalue weighted by Crippen LogP contribution is -2.48. The average molecular weight is 424 g/mol. The lowest BCUT2D eigenvalue weighted by atomic mass is 10.1. The third kappa shape index (κ3) is 3.78. The Balaban J connectivity index is 1.65. The number of pyridine rings is 1. The number of carbonyl (C=O) groups excluding carboxylic acids is 3. The molecule has 2 aliphatic heterocycles. The van der Waals surface area contributed by atoms with Gasteiger partial charge in [-0.1, -0.05) is 13.8 Å². The second-order valence-electron chi connectivity index (χ2n) is 7.44. The lowest BCUT2D eigenvalue weighted by molar-refractivity contribution is -0.126. The van der Waals surface area contributed by atoms with Crippen molar-refractivity contribution < 1.29 is 23.9 Å². The third-order valence-electron chi connectivity index (χ3n) is 5.27. The van der Waals surface area contributed by atoms with Crippen LogP contribution in [0.4, 0.5) is 17.3 Å². The first-order valence-corrected chi connectivity index (χ1v) is 10.3. The van der Waals surface area contributed by atoms with Crippen molar-refractivity contribution in [3.8, 4) is 11.5 Å². The van der Waals surface area contributed by atoms with Crippen LogP contribution in [0.1, 0.15) is 37.0 Å². The van der Waals surface area contributed by atoms with Gasteiger partial charge in [0.2, 0.25) is 0 Å². The number of benzene rings is 1. The Labute approximate surface area is 179 Å². The first-order chi connectivity index (χ1) is 14.9. The Kier molecular flexibility index (Phi) is 5.50. The number of nitrogens with two attached hydrogens (primary N) is 1. The summed E-state index contributed by atoms with van der Waals surface area (Å²) in [6.45, 7) is 4.10. The molecule has 3 heterocycles. The molecule has 1 atom stereocenters. The number of hydrogen-bond donors (Lipinski definition) is 1. The first kappa shape index (κ1) is 20.6. The van der Waals surface area contributed by atoms with Crippen molar-refractivity contribution in [2.24, 2.45) is 0 Å². The standard InChI is InChI=1S/C22H24N4O5/c1-3-9-25-14-10-13(5-6-17(14)30-12-20(25)28)15(27)11-26-21-18(7-8-19(23)24-21)31-16(4-2)22(26)29/h5-8,10,16H,3-4,9,11-12H2,1-2H3,(H2,23,24). The van der Waals surface area contributed by atoms with E-state index in [4.69, 9.17) is 15.2 Å². The molecule has 9 heteroatoms. The summed E-state index contributed by atoms with van der Waals surface area (Å²) < 4.78 is 11.2. The smallest absolute Gasteiger partial charge is 0.269 e. The third-order valence-corrected chi connectivity index (χ3v) is 5.27. The summed E-state index contributed by atoms with van der Waals surface area (Å²) in [6, 6.07) is 8.19. The number of nitrogens with zero attached hydrogens (tertiary/aromatic N) is 3. The fourth-order valence-electron chi connectivity index (χ4n) is 3.71. The zero-order valence-electron chi connectivity index (χ0n) is 17.5. The average Bonchev–Trinajstić information content (AvgIpc) is 2.77. The maximum Gasteiger partial charge on any atom is 0.269 e. The van der Waals surface area contributed by atoms with E-state index in [1.807, 2.05) is 13.8 Å². The van der Waals surface area contributed by atoms with Crippen LogP contribution in [0.25, 0.3) is 0 Å². The Bertz CT molecular complexity index is 1050. The van der Waals surface area contributed by atoms with Crippen LogP contribution in [0.2, 0.25) is 0 Å². The fraction of sp³-hybridized carbons (Fsp3) is 0.364. The molecule has 0 saturated heterocycles. The first-order valence-electron chi connectivity index (χ1n) is 10.3. The number of anilines is 3. The summed E-state index contributed by atoms with van der Waals surface area (Å²) in [6.07, 6.45) is 0.534. The van der Waals surface area contributed by atoms with Crippen LogP contribution in [-0.2, 0) is 9.59 Å². The van der Waals surface area contributed by atoms with Gasteiger partial charge >= 0.3 is 0 Å². The van der Waals surface area contributed by atoms with Crippen molar-refractivity contribution >= 4 is 34.9 Å². The number of nitrogen functional groups attached to an aromatic ring is 1. The molecule has 162 valence electrons. The Morgan fingerprint density at radius 3 is 2.68 bits per heavy atom. The SMILES string of the molecule is CCCN1C(=O)COc2ccc(C(=O)CN3C(=O)C(CC)Oc4ccc(N)nc43)cc21. The number of ketones is 1. The van der Waals surface area contributed by atoms with Crippen LogP contribution in [0, 0.1) is 0 Å². The van der Waals surface area contributed by atoms with Gasteiger partial charge in [0.25, 0.3) is 11.8 Å². The highest BCUT2D eigenvalue weighted by molar-refractivity contribution is 6.09. The van der Waals surface area contributed by atoms with Crippen LogP contribution in [0.5, 0.6) is 11.5 Å². The molecular formula is C22H24N4O5. The Morgan fingerprint density at radius 1 is 1.16 bits per heavy atom. The molecule has 0 radical (unpaired) electrons. The minimum absolute atomic E-state index is 0.0230. The van der Waals surface area contributed by atoms with Gasteiger partial charge in [-0.2, -0.15) is 0 Å². The van der Waals surface area contributed by atoms with E-state index in [1.54, 1.807) is 35.2 Å². The fourth-order valence-corrected chi connectivity index (χ4v) is 3.71. The number of amides is 2. The van der Waals surface area contributed by atoms with E-state index in [1.165, 1.54) is 4.90 Å². The molecule has 2 amide bonds. The number of aromatic nitrogens is 1.